The van der Waals surface area contributed by atoms with E-state index in [2.05, 4.69) is 16.0 Å². The average Bonchev–Trinajstić information content (AvgIpc) is 2.61. The first-order valence-corrected chi connectivity index (χ1v) is 8.03. The Balaban J connectivity index is 1.77. The van der Waals surface area contributed by atoms with E-state index in [-0.39, 0.29) is 18.2 Å². The minimum atomic E-state index is -0.412. The van der Waals surface area contributed by atoms with Crippen molar-refractivity contribution >= 4 is 29.1 Å². The predicted octanol–water partition coefficient (Wildman–Crippen LogP) is 2.30. The van der Waals surface area contributed by atoms with E-state index in [1.165, 1.54) is 6.92 Å². The normalized spacial score (nSPS) is 9.92. The van der Waals surface area contributed by atoms with Crippen LogP contribution >= 0.6 is 0 Å². The van der Waals surface area contributed by atoms with Crippen LogP contribution < -0.4 is 20.7 Å². The van der Waals surface area contributed by atoms with Crippen molar-refractivity contribution in [3.8, 4) is 5.75 Å². The molecule has 7 nitrogen and oxygen atoms in total. The quantitative estimate of drug-likeness (QED) is 0.664. The first kappa shape index (κ1) is 19.0. The van der Waals surface area contributed by atoms with Gasteiger partial charge in [-0.3, -0.25) is 14.4 Å². The summed E-state index contributed by atoms with van der Waals surface area (Å²) >= 11 is 0. The Labute approximate surface area is 151 Å². The molecule has 3 amide bonds. The summed E-state index contributed by atoms with van der Waals surface area (Å²) in [4.78, 5) is 34.8. The summed E-state index contributed by atoms with van der Waals surface area (Å²) in [5.74, 6) is -0.211. The van der Waals surface area contributed by atoms with Gasteiger partial charge in [-0.1, -0.05) is 12.1 Å². The van der Waals surface area contributed by atoms with Gasteiger partial charge in [-0.05, 0) is 42.0 Å². The van der Waals surface area contributed by atoms with Crippen LogP contribution in [0, 0.1) is 0 Å². The van der Waals surface area contributed by atoms with Gasteiger partial charge >= 0.3 is 0 Å². The number of benzene rings is 2. The standard InChI is InChI=1S/C19H21N3O4/c1-13(23)21-15-5-7-16(8-6-15)22-19(25)11-18(24)20-12-14-3-9-17(26-2)10-4-14/h3-10H,11-12H2,1-2H3,(H,20,24)(H,21,23)(H,22,25). The number of nitrogens with one attached hydrogen (secondary N) is 3. The molecule has 0 heterocycles. The molecule has 0 saturated heterocycles. The highest BCUT2D eigenvalue weighted by atomic mass is 16.5. The third kappa shape index (κ3) is 6.27. The summed E-state index contributed by atoms with van der Waals surface area (Å²) in [7, 11) is 1.59. The maximum atomic E-state index is 11.9. The second-order valence-electron chi connectivity index (χ2n) is 5.61. The third-order valence-electron chi connectivity index (χ3n) is 3.46. The second-order valence-corrected chi connectivity index (χ2v) is 5.61. The van der Waals surface area contributed by atoms with Crippen molar-refractivity contribution in [1.29, 1.82) is 0 Å². The SMILES string of the molecule is COc1ccc(CNC(=O)CC(=O)Nc2ccc(NC(C)=O)cc2)cc1. The van der Waals surface area contributed by atoms with Crippen LogP contribution in [-0.4, -0.2) is 24.8 Å². The topological polar surface area (TPSA) is 96.5 Å². The van der Waals surface area contributed by atoms with Crippen molar-refractivity contribution in [2.75, 3.05) is 17.7 Å². The smallest absolute Gasteiger partial charge is 0.233 e. The van der Waals surface area contributed by atoms with Crippen molar-refractivity contribution < 1.29 is 19.1 Å². The van der Waals surface area contributed by atoms with Crippen LogP contribution in [0.1, 0.15) is 18.9 Å². The Morgan fingerprint density at radius 1 is 0.846 bits per heavy atom. The molecule has 0 fully saturated rings. The number of methoxy groups -OCH3 is 1. The van der Waals surface area contributed by atoms with Crippen molar-refractivity contribution in [2.24, 2.45) is 0 Å². The first-order valence-electron chi connectivity index (χ1n) is 8.03. The highest BCUT2D eigenvalue weighted by Crippen LogP contribution is 2.14. The lowest BCUT2D eigenvalue weighted by Gasteiger charge is -2.08. The van der Waals surface area contributed by atoms with Crippen LogP contribution in [-0.2, 0) is 20.9 Å². The van der Waals surface area contributed by atoms with E-state index in [0.717, 1.165) is 11.3 Å². The molecule has 0 aliphatic heterocycles. The minimum Gasteiger partial charge on any atom is -0.497 e. The predicted molar refractivity (Wildman–Crippen MR) is 98.8 cm³/mol. The van der Waals surface area contributed by atoms with E-state index in [9.17, 15) is 14.4 Å². The fourth-order valence-corrected chi connectivity index (χ4v) is 2.20. The van der Waals surface area contributed by atoms with Gasteiger partial charge in [0.15, 0.2) is 0 Å². The number of carbonyl (C=O) groups is 3. The van der Waals surface area contributed by atoms with Gasteiger partial charge in [0.2, 0.25) is 17.7 Å². The summed E-state index contributed by atoms with van der Waals surface area (Å²) in [6.07, 6.45) is -0.274. The van der Waals surface area contributed by atoms with Crippen LogP contribution in [0.2, 0.25) is 0 Å². The Kier molecular flexibility index (Phi) is 6.73. The molecule has 2 aromatic rings. The van der Waals surface area contributed by atoms with Crippen molar-refractivity contribution in [2.45, 2.75) is 19.9 Å². The Morgan fingerprint density at radius 2 is 1.42 bits per heavy atom. The molecule has 3 N–H and O–H groups in total. The molecule has 0 radical (unpaired) electrons. The van der Waals surface area contributed by atoms with E-state index in [1.54, 1.807) is 43.5 Å². The third-order valence-corrected chi connectivity index (χ3v) is 3.46. The average molecular weight is 355 g/mol. The van der Waals surface area contributed by atoms with Gasteiger partial charge in [-0.15, -0.1) is 0 Å². The van der Waals surface area contributed by atoms with E-state index >= 15 is 0 Å². The molecule has 0 unspecified atom stereocenters. The second kappa shape index (κ2) is 9.22. The molecule has 7 heteroatoms. The molecule has 136 valence electrons. The first-order chi connectivity index (χ1) is 12.5. The molecular weight excluding hydrogens is 334 g/mol. The van der Waals surface area contributed by atoms with Gasteiger partial charge in [0.1, 0.15) is 12.2 Å². The number of hydrogen-bond donors (Lipinski definition) is 3. The van der Waals surface area contributed by atoms with Crippen molar-refractivity contribution in [3.05, 3.63) is 54.1 Å². The zero-order valence-corrected chi connectivity index (χ0v) is 14.7. The van der Waals surface area contributed by atoms with Crippen molar-refractivity contribution in [1.82, 2.24) is 5.32 Å². The van der Waals surface area contributed by atoms with Gasteiger partial charge in [0.25, 0.3) is 0 Å². The van der Waals surface area contributed by atoms with Gasteiger partial charge in [-0.25, -0.2) is 0 Å². The number of amides is 3. The van der Waals surface area contributed by atoms with Gasteiger partial charge in [0, 0.05) is 24.8 Å². The maximum absolute atomic E-state index is 11.9. The molecule has 0 aromatic heterocycles. The summed E-state index contributed by atoms with van der Waals surface area (Å²) in [6.45, 7) is 1.75. The van der Waals surface area contributed by atoms with Crippen LogP contribution in [0.15, 0.2) is 48.5 Å². The lowest BCUT2D eigenvalue weighted by Crippen LogP contribution is -2.27. The molecule has 0 saturated carbocycles. The molecule has 0 bridgehead atoms. The number of rotatable bonds is 7. The molecular formula is C19H21N3O4. The highest BCUT2D eigenvalue weighted by molar-refractivity contribution is 6.03. The van der Waals surface area contributed by atoms with E-state index in [4.69, 9.17) is 4.74 Å². The molecule has 26 heavy (non-hydrogen) atoms. The summed E-state index contributed by atoms with van der Waals surface area (Å²) < 4.78 is 5.07. The molecule has 2 aromatic carbocycles. The Bertz CT molecular complexity index is 770. The van der Waals surface area contributed by atoms with Crippen LogP contribution in [0.4, 0.5) is 11.4 Å². The Hall–Kier alpha value is -3.35. The molecule has 0 atom stereocenters. The fraction of sp³-hybridized carbons (Fsp3) is 0.211. The van der Waals surface area contributed by atoms with Gasteiger partial charge in [0.05, 0.1) is 7.11 Å². The molecule has 2 rings (SSSR count). The summed E-state index contributed by atoms with van der Waals surface area (Å²) in [5.41, 5.74) is 2.09. The monoisotopic (exact) mass is 355 g/mol. The van der Waals surface area contributed by atoms with Crippen LogP contribution in [0.5, 0.6) is 5.75 Å². The zero-order valence-electron chi connectivity index (χ0n) is 14.7. The van der Waals surface area contributed by atoms with Gasteiger partial charge in [-0.2, -0.15) is 0 Å². The molecule has 0 aliphatic carbocycles. The Morgan fingerprint density at radius 3 is 1.96 bits per heavy atom. The highest BCUT2D eigenvalue weighted by Gasteiger charge is 2.09. The van der Waals surface area contributed by atoms with E-state index in [0.29, 0.717) is 17.9 Å². The largest absolute Gasteiger partial charge is 0.497 e. The van der Waals surface area contributed by atoms with Crippen LogP contribution in [0.25, 0.3) is 0 Å². The summed E-state index contributed by atoms with van der Waals surface area (Å²) in [6, 6.07) is 13.9. The number of anilines is 2. The maximum Gasteiger partial charge on any atom is 0.233 e. The van der Waals surface area contributed by atoms with E-state index < -0.39 is 5.91 Å². The summed E-state index contributed by atoms with van der Waals surface area (Å²) in [5, 5.41) is 7.97. The minimum absolute atomic E-state index is 0.171. The van der Waals surface area contributed by atoms with Crippen LogP contribution in [0.3, 0.4) is 0 Å². The number of carbonyl (C=O) groups excluding carboxylic acids is 3. The van der Waals surface area contributed by atoms with Gasteiger partial charge < -0.3 is 20.7 Å². The van der Waals surface area contributed by atoms with Crippen molar-refractivity contribution in [3.63, 3.8) is 0 Å². The number of ether oxygens (including phenoxy) is 1. The fourth-order valence-electron chi connectivity index (χ4n) is 2.20. The molecule has 0 aliphatic rings. The lowest BCUT2D eigenvalue weighted by molar-refractivity contribution is -0.127. The molecule has 0 spiro atoms. The zero-order chi connectivity index (χ0) is 18.9. The lowest BCUT2D eigenvalue weighted by atomic mass is 10.2. The van der Waals surface area contributed by atoms with E-state index in [1.807, 2.05) is 12.1 Å². The number of hydrogen-bond acceptors (Lipinski definition) is 4.